The lowest BCUT2D eigenvalue weighted by Gasteiger charge is -2.28. The van der Waals surface area contributed by atoms with E-state index in [1.165, 1.54) is 29.2 Å². The SMILES string of the molecule is O=C(C1=C(O)C(=O)N(CC2CCCO2)C1c1ccc(F)cc1)c1cc2ccccc2o1. The predicted molar refractivity (Wildman–Crippen MR) is 110 cm³/mol. The van der Waals surface area contributed by atoms with Gasteiger partial charge in [-0.05, 0) is 42.7 Å². The maximum absolute atomic E-state index is 13.5. The number of rotatable bonds is 5. The third-order valence-corrected chi connectivity index (χ3v) is 5.81. The normalized spacial score (nSPS) is 21.5. The van der Waals surface area contributed by atoms with Gasteiger partial charge in [0.05, 0.1) is 17.7 Å². The zero-order valence-electron chi connectivity index (χ0n) is 16.6. The Morgan fingerprint density at radius 3 is 2.65 bits per heavy atom. The number of benzene rings is 2. The molecule has 5 rings (SSSR count). The van der Waals surface area contributed by atoms with E-state index in [0.29, 0.717) is 17.8 Å². The van der Waals surface area contributed by atoms with Gasteiger partial charge in [-0.25, -0.2) is 4.39 Å². The van der Waals surface area contributed by atoms with E-state index in [0.717, 1.165) is 18.2 Å². The van der Waals surface area contributed by atoms with Crippen LogP contribution in [0.5, 0.6) is 0 Å². The van der Waals surface area contributed by atoms with Crippen molar-refractivity contribution in [1.82, 2.24) is 4.90 Å². The molecular weight excluding hydrogens is 401 g/mol. The lowest BCUT2D eigenvalue weighted by Crippen LogP contribution is -2.37. The Balaban J connectivity index is 1.57. The van der Waals surface area contributed by atoms with Crippen molar-refractivity contribution in [2.45, 2.75) is 25.0 Å². The van der Waals surface area contributed by atoms with Gasteiger partial charge in [-0.1, -0.05) is 30.3 Å². The second-order valence-electron chi connectivity index (χ2n) is 7.79. The fourth-order valence-corrected chi connectivity index (χ4v) is 4.30. The summed E-state index contributed by atoms with van der Waals surface area (Å²) in [5, 5.41) is 11.4. The molecule has 1 amide bonds. The van der Waals surface area contributed by atoms with Crippen LogP contribution in [0.15, 0.2) is 70.3 Å². The summed E-state index contributed by atoms with van der Waals surface area (Å²) in [7, 11) is 0. The van der Waals surface area contributed by atoms with Crippen LogP contribution in [0.2, 0.25) is 0 Å². The minimum absolute atomic E-state index is 0.0293. The van der Waals surface area contributed by atoms with Crippen molar-refractivity contribution in [3.8, 4) is 0 Å². The molecule has 2 aliphatic rings. The van der Waals surface area contributed by atoms with E-state index >= 15 is 0 Å². The van der Waals surface area contributed by atoms with Crippen molar-refractivity contribution in [1.29, 1.82) is 0 Å². The summed E-state index contributed by atoms with van der Waals surface area (Å²) in [6, 6.07) is 13.5. The molecule has 2 aliphatic heterocycles. The Morgan fingerprint density at radius 1 is 1.16 bits per heavy atom. The zero-order valence-corrected chi connectivity index (χ0v) is 16.6. The Bertz CT molecular complexity index is 1160. The van der Waals surface area contributed by atoms with Gasteiger partial charge in [0, 0.05) is 18.5 Å². The molecule has 0 radical (unpaired) electrons. The molecule has 158 valence electrons. The maximum Gasteiger partial charge on any atom is 0.290 e. The maximum atomic E-state index is 13.5. The molecule has 7 heteroatoms. The van der Waals surface area contributed by atoms with Gasteiger partial charge in [0.2, 0.25) is 5.78 Å². The van der Waals surface area contributed by atoms with Crippen LogP contribution in [0.4, 0.5) is 4.39 Å². The molecule has 1 saturated heterocycles. The molecule has 0 bridgehead atoms. The number of nitrogens with zero attached hydrogens (tertiary/aromatic N) is 1. The third kappa shape index (κ3) is 3.41. The molecule has 0 spiro atoms. The van der Waals surface area contributed by atoms with Gasteiger partial charge in [0.25, 0.3) is 5.91 Å². The van der Waals surface area contributed by atoms with Crippen molar-refractivity contribution in [3.63, 3.8) is 0 Å². The molecule has 1 N–H and O–H groups in total. The number of ether oxygens (including phenoxy) is 1. The summed E-state index contributed by atoms with van der Waals surface area (Å²) in [5.74, 6) is -2.24. The minimum Gasteiger partial charge on any atom is -0.503 e. The molecule has 6 nitrogen and oxygen atoms in total. The van der Waals surface area contributed by atoms with E-state index in [2.05, 4.69) is 0 Å². The van der Waals surface area contributed by atoms with Gasteiger partial charge in [-0.2, -0.15) is 0 Å². The molecular formula is C24H20FNO5. The van der Waals surface area contributed by atoms with Crippen LogP contribution >= 0.6 is 0 Å². The summed E-state index contributed by atoms with van der Waals surface area (Å²) in [6.07, 6.45) is 1.49. The average molecular weight is 421 g/mol. The molecule has 31 heavy (non-hydrogen) atoms. The first-order valence-corrected chi connectivity index (χ1v) is 10.2. The lowest BCUT2D eigenvalue weighted by atomic mass is 9.94. The number of hydrogen-bond acceptors (Lipinski definition) is 5. The van der Waals surface area contributed by atoms with Gasteiger partial charge in [0.15, 0.2) is 11.5 Å². The van der Waals surface area contributed by atoms with E-state index in [9.17, 15) is 19.1 Å². The van der Waals surface area contributed by atoms with E-state index in [1.54, 1.807) is 18.2 Å². The predicted octanol–water partition coefficient (Wildman–Crippen LogP) is 4.33. The smallest absolute Gasteiger partial charge is 0.290 e. The fourth-order valence-electron chi connectivity index (χ4n) is 4.30. The monoisotopic (exact) mass is 421 g/mol. The summed E-state index contributed by atoms with van der Waals surface area (Å²) in [4.78, 5) is 27.8. The topological polar surface area (TPSA) is 80.0 Å². The number of amides is 1. The molecule has 0 aliphatic carbocycles. The number of aliphatic hydroxyl groups is 1. The number of hydrogen-bond donors (Lipinski definition) is 1. The van der Waals surface area contributed by atoms with Gasteiger partial charge in [-0.15, -0.1) is 0 Å². The first-order chi connectivity index (χ1) is 15.0. The Kier molecular flexibility index (Phi) is 4.82. The van der Waals surface area contributed by atoms with E-state index in [1.807, 2.05) is 12.1 Å². The number of carbonyl (C=O) groups excluding carboxylic acids is 2. The van der Waals surface area contributed by atoms with Crippen molar-refractivity contribution in [2.24, 2.45) is 0 Å². The van der Waals surface area contributed by atoms with Gasteiger partial charge in [-0.3, -0.25) is 9.59 Å². The number of para-hydroxylation sites is 1. The highest BCUT2D eigenvalue weighted by Gasteiger charge is 2.45. The number of furan rings is 1. The van der Waals surface area contributed by atoms with Crippen molar-refractivity contribution in [2.75, 3.05) is 13.2 Å². The van der Waals surface area contributed by atoms with Gasteiger partial charge >= 0.3 is 0 Å². The van der Waals surface area contributed by atoms with E-state index in [4.69, 9.17) is 9.15 Å². The zero-order chi connectivity index (χ0) is 21.5. The van der Waals surface area contributed by atoms with Crippen LogP contribution in [0, 0.1) is 5.82 Å². The standard InChI is InChI=1S/C24H20FNO5/c25-16-9-7-14(8-10-16)21-20(22(27)19-12-15-4-1-2-6-18(15)31-19)23(28)24(29)26(21)13-17-5-3-11-30-17/h1-2,4,6-10,12,17,21,28H,3,5,11,13H2. The van der Waals surface area contributed by atoms with Gasteiger partial charge < -0.3 is 19.2 Å². The van der Waals surface area contributed by atoms with Crippen LogP contribution in [0.3, 0.4) is 0 Å². The number of Topliss-reactive ketones (excluding diaryl/α,β-unsaturated/α-hetero) is 1. The lowest BCUT2D eigenvalue weighted by molar-refractivity contribution is -0.131. The van der Waals surface area contributed by atoms with Gasteiger partial charge in [0.1, 0.15) is 11.4 Å². The number of ketones is 1. The Labute approximate surface area is 177 Å². The Hall–Kier alpha value is -3.45. The highest BCUT2D eigenvalue weighted by atomic mass is 19.1. The molecule has 3 aromatic rings. The second kappa shape index (κ2) is 7.67. The number of aliphatic hydroxyl groups excluding tert-OH is 1. The van der Waals surface area contributed by atoms with E-state index < -0.39 is 29.3 Å². The minimum atomic E-state index is -0.863. The molecule has 1 aromatic heterocycles. The van der Waals surface area contributed by atoms with Crippen molar-refractivity contribution in [3.05, 3.63) is 83.1 Å². The summed E-state index contributed by atoms with van der Waals surface area (Å²) in [5.41, 5.74) is 0.981. The fraction of sp³-hybridized carbons (Fsp3) is 0.250. The molecule has 3 heterocycles. The van der Waals surface area contributed by atoms with Crippen LogP contribution in [0.25, 0.3) is 11.0 Å². The third-order valence-electron chi connectivity index (χ3n) is 5.81. The average Bonchev–Trinajstić information content (AvgIpc) is 3.49. The number of carbonyl (C=O) groups is 2. The van der Waals surface area contributed by atoms with Crippen molar-refractivity contribution >= 4 is 22.7 Å². The number of halogens is 1. The summed E-state index contributed by atoms with van der Waals surface area (Å²) >= 11 is 0. The van der Waals surface area contributed by atoms with E-state index in [-0.39, 0.29) is 24.0 Å². The molecule has 2 unspecified atom stereocenters. The molecule has 2 aromatic carbocycles. The Morgan fingerprint density at radius 2 is 1.94 bits per heavy atom. The van der Waals surface area contributed by atoms with Crippen molar-refractivity contribution < 1.29 is 28.2 Å². The second-order valence-corrected chi connectivity index (χ2v) is 7.79. The molecule has 1 fully saturated rings. The summed E-state index contributed by atoms with van der Waals surface area (Å²) < 4.78 is 24.9. The largest absolute Gasteiger partial charge is 0.503 e. The quantitative estimate of drug-likeness (QED) is 0.621. The van der Waals surface area contributed by atoms with Crippen LogP contribution in [0.1, 0.15) is 35.0 Å². The molecule has 2 atom stereocenters. The first kappa shape index (κ1) is 19.5. The number of fused-ring (bicyclic) bond motifs is 1. The molecule has 0 saturated carbocycles. The summed E-state index contributed by atoms with van der Waals surface area (Å²) in [6.45, 7) is 0.833. The van der Waals surface area contributed by atoms with Crippen LogP contribution < -0.4 is 0 Å². The highest BCUT2D eigenvalue weighted by Crippen LogP contribution is 2.40. The first-order valence-electron chi connectivity index (χ1n) is 10.2. The highest BCUT2D eigenvalue weighted by molar-refractivity contribution is 6.16. The van der Waals surface area contributed by atoms with Crippen LogP contribution in [-0.2, 0) is 9.53 Å². The van der Waals surface area contributed by atoms with Crippen LogP contribution in [-0.4, -0.2) is 41.0 Å².